The number of benzene rings is 1. The Bertz CT molecular complexity index is 800. The van der Waals surface area contributed by atoms with E-state index in [-0.39, 0.29) is 24.1 Å². The summed E-state index contributed by atoms with van der Waals surface area (Å²) in [5.41, 5.74) is 1.27. The van der Waals surface area contributed by atoms with Crippen molar-refractivity contribution < 1.29 is 17.2 Å². The molecule has 0 radical (unpaired) electrons. The molecule has 8 heteroatoms. The molecule has 1 atom stereocenters. The van der Waals surface area contributed by atoms with Crippen molar-refractivity contribution in [1.82, 2.24) is 14.7 Å². The average molecular weight is 341 g/mol. The van der Waals surface area contributed by atoms with Gasteiger partial charge < -0.3 is 0 Å². The second-order valence-electron chi connectivity index (χ2n) is 5.83. The minimum atomic E-state index is -3.14. The molecule has 0 spiro atoms. The molecule has 1 aliphatic heterocycles. The number of hydrogen-bond acceptors (Lipinski definition) is 4. The Morgan fingerprint density at radius 1 is 1.26 bits per heavy atom. The Labute approximate surface area is 133 Å². The fourth-order valence-corrected chi connectivity index (χ4v) is 4.45. The first kappa shape index (κ1) is 16.1. The Balaban J connectivity index is 1.89. The molecule has 1 aliphatic rings. The molecule has 2 heterocycles. The zero-order valence-corrected chi connectivity index (χ0v) is 13.4. The van der Waals surface area contributed by atoms with Gasteiger partial charge in [-0.25, -0.2) is 17.2 Å². The molecule has 1 aromatic carbocycles. The summed E-state index contributed by atoms with van der Waals surface area (Å²) >= 11 is 0. The van der Waals surface area contributed by atoms with Gasteiger partial charge in [-0.3, -0.25) is 9.58 Å². The van der Waals surface area contributed by atoms with Gasteiger partial charge in [0, 0.05) is 38.0 Å². The van der Waals surface area contributed by atoms with Crippen LogP contribution in [0.25, 0.3) is 0 Å². The van der Waals surface area contributed by atoms with Crippen molar-refractivity contribution >= 4 is 9.84 Å². The van der Waals surface area contributed by atoms with Crippen LogP contribution in [-0.4, -0.2) is 41.1 Å². The third kappa shape index (κ3) is 3.76. The summed E-state index contributed by atoms with van der Waals surface area (Å²) in [6.07, 6.45) is 3.40. The Hall–Kier alpha value is -1.80. The summed E-state index contributed by atoms with van der Waals surface area (Å²) in [6, 6.07) is 3.00. The Morgan fingerprint density at radius 3 is 2.57 bits per heavy atom. The van der Waals surface area contributed by atoms with Crippen LogP contribution in [0.3, 0.4) is 0 Å². The first-order valence-corrected chi connectivity index (χ1v) is 9.02. The van der Waals surface area contributed by atoms with E-state index in [0.717, 1.165) is 11.6 Å². The number of hydrogen-bond donors (Lipinski definition) is 0. The van der Waals surface area contributed by atoms with E-state index in [1.807, 2.05) is 4.90 Å². The van der Waals surface area contributed by atoms with Gasteiger partial charge in [0.25, 0.3) is 0 Å². The topological polar surface area (TPSA) is 55.2 Å². The third-order valence-electron chi connectivity index (χ3n) is 3.96. The van der Waals surface area contributed by atoms with E-state index < -0.39 is 21.5 Å². The first-order valence-electron chi connectivity index (χ1n) is 7.20. The number of sulfone groups is 1. The zero-order valence-electron chi connectivity index (χ0n) is 12.6. The molecule has 1 fully saturated rings. The second-order valence-corrected chi connectivity index (χ2v) is 8.05. The number of aromatic nitrogens is 2. The molecule has 2 aromatic rings. The monoisotopic (exact) mass is 341 g/mol. The van der Waals surface area contributed by atoms with Crippen LogP contribution in [0.4, 0.5) is 8.78 Å². The highest BCUT2D eigenvalue weighted by molar-refractivity contribution is 7.91. The minimum absolute atomic E-state index is 0.0174. The highest BCUT2D eigenvalue weighted by atomic mass is 32.2. The molecular weight excluding hydrogens is 324 g/mol. The molecule has 3 rings (SSSR count). The maximum absolute atomic E-state index is 13.4. The summed E-state index contributed by atoms with van der Waals surface area (Å²) < 4.78 is 52.3. The van der Waals surface area contributed by atoms with Crippen LogP contribution >= 0.6 is 0 Å². The third-order valence-corrected chi connectivity index (χ3v) is 5.59. The van der Waals surface area contributed by atoms with E-state index in [2.05, 4.69) is 5.10 Å². The standard InChI is InChI=1S/C15H17F2N3O2S/c1-19-9-12(7-18-19)15-10-23(21,22)3-2-20(15)8-11-4-13(16)6-14(17)5-11/h4-7,9,15H,2-3,8,10H2,1H3/t15-/m1/s1. The molecule has 0 unspecified atom stereocenters. The molecule has 23 heavy (non-hydrogen) atoms. The van der Waals surface area contributed by atoms with Gasteiger partial charge in [-0.05, 0) is 17.7 Å². The predicted octanol–water partition coefficient (Wildman–Crippen LogP) is 1.67. The molecule has 1 saturated heterocycles. The van der Waals surface area contributed by atoms with Crippen molar-refractivity contribution in [2.45, 2.75) is 12.6 Å². The molecule has 5 nitrogen and oxygen atoms in total. The lowest BCUT2D eigenvalue weighted by molar-refractivity contribution is 0.206. The fraction of sp³-hybridized carbons (Fsp3) is 0.400. The number of nitrogens with zero attached hydrogens (tertiary/aromatic N) is 3. The van der Waals surface area contributed by atoms with Gasteiger partial charge in [-0.1, -0.05) is 0 Å². The van der Waals surface area contributed by atoms with E-state index in [1.165, 1.54) is 12.1 Å². The molecule has 1 aromatic heterocycles. The lowest BCUT2D eigenvalue weighted by atomic mass is 10.1. The Morgan fingerprint density at radius 2 is 1.96 bits per heavy atom. The fourth-order valence-electron chi connectivity index (χ4n) is 2.89. The maximum atomic E-state index is 13.4. The predicted molar refractivity (Wildman–Crippen MR) is 81.4 cm³/mol. The Kier molecular flexibility index (Phi) is 4.20. The molecule has 0 aliphatic carbocycles. The van der Waals surface area contributed by atoms with Crippen molar-refractivity contribution in [2.24, 2.45) is 7.05 Å². The normalized spacial score (nSPS) is 21.4. The lowest BCUT2D eigenvalue weighted by Crippen LogP contribution is -2.42. The summed E-state index contributed by atoms with van der Waals surface area (Å²) in [5, 5.41) is 4.08. The number of halogens is 2. The van der Waals surface area contributed by atoms with Crippen molar-refractivity contribution in [3.8, 4) is 0 Å². The van der Waals surface area contributed by atoms with E-state index in [0.29, 0.717) is 12.1 Å². The van der Waals surface area contributed by atoms with Gasteiger partial charge in [0.2, 0.25) is 0 Å². The van der Waals surface area contributed by atoms with Crippen LogP contribution in [0.5, 0.6) is 0 Å². The molecule has 0 saturated carbocycles. The van der Waals surface area contributed by atoms with Crippen LogP contribution in [0, 0.1) is 11.6 Å². The van der Waals surface area contributed by atoms with Crippen LogP contribution in [0.2, 0.25) is 0 Å². The van der Waals surface area contributed by atoms with Gasteiger partial charge in [0.05, 0.1) is 23.7 Å². The van der Waals surface area contributed by atoms with Crippen LogP contribution in [0.15, 0.2) is 30.6 Å². The summed E-state index contributed by atoms with van der Waals surface area (Å²) in [6.45, 7) is 0.601. The molecule has 0 amide bonds. The summed E-state index contributed by atoms with van der Waals surface area (Å²) in [4.78, 5) is 1.92. The maximum Gasteiger partial charge on any atom is 0.153 e. The zero-order chi connectivity index (χ0) is 16.6. The van der Waals surface area contributed by atoms with E-state index in [9.17, 15) is 17.2 Å². The van der Waals surface area contributed by atoms with Gasteiger partial charge in [0.15, 0.2) is 9.84 Å². The van der Waals surface area contributed by atoms with E-state index >= 15 is 0 Å². The minimum Gasteiger partial charge on any atom is -0.290 e. The highest BCUT2D eigenvalue weighted by Gasteiger charge is 2.33. The van der Waals surface area contributed by atoms with E-state index in [4.69, 9.17) is 0 Å². The smallest absolute Gasteiger partial charge is 0.153 e. The SMILES string of the molecule is Cn1cc([C@H]2CS(=O)(=O)CCN2Cc2cc(F)cc(F)c2)cn1. The van der Waals surface area contributed by atoms with Gasteiger partial charge in [-0.2, -0.15) is 5.10 Å². The number of aryl methyl sites for hydroxylation is 1. The van der Waals surface area contributed by atoms with Crippen molar-refractivity contribution in [3.05, 3.63) is 53.4 Å². The van der Waals surface area contributed by atoms with Crippen molar-refractivity contribution in [1.29, 1.82) is 0 Å². The van der Waals surface area contributed by atoms with Crippen LogP contribution in [0.1, 0.15) is 17.2 Å². The first-order chi connectivity index (χ1) is 10.8. The highest BCUT2D eigenvalue weighted by Crippen LogP contribution is 2.28. The molecular formula is C15H17F2N3O2S. The van der Waals surface area contributed by atoms with Crippen LogP contribution < -0.4 is 0 Å². The van der Waals surface area contributed by atoms with Gasteiger partial charge in [-0.15, -0.1) is 0 Å². The molecule has 0 bridgehead atoms. The second kappa shape index (κ2) is 6.01. The van der Waals surface area contributed by atoms with Crippen LogP contribution in [-0.2, 0) is 23.4 Å². The average Bonchev–Trinajstić information content (AvgIpc) is 2.86. The lowest BCUT2D eigenvalue weighted by Gasteiger charge is -2.35. The molecule has 0 N–H and O–H groups in total. The summed E-state index contributed by atoms with van der Waals surface area (Å²) in [7, 11) is -1.38. The van der Waals surface area contributed by atoms with Crippen molar-refractivity contribution in [2.75, 3.05) is 18.1 Å². The number of rotatable bonds is 3. The van der Waals surface area contributed by atoms with Gasteiger partial charge >= 0.3 is 0 Å². The quantitative estimate of drug-likeness (QED) is 0.852. The largest absolute Gasteiger partial charge is 0.290 e. The molecule has 124 valence electrons. The van der Waals surface area contributed by atoms with Crippen molar-refractivity contribution in [3.63, 3.8) is 0 Å². The summed E-state index contributed by atoms with van der Waals surface area (Å²) in [5.74, 6) is -1.25. The van der Waals surface area contributed by atoms with E-state index in [1.54, 1.807) is 24.1 Å². The van der Waals surface area contributed by atoms with Gasteiger partial charge in [0.1, 0.15) is 11.6 Å².